The molecule has 1 aliphatic carbocycles. The van der Waals surface area contributed by atoms with Crippen LogP contribution in [0.2, 0.25) is 0 Å². The van der Waals surface area contributed by atoms with Crippen molar-refractivity contribution in [2.75, 3.05) is 37.6 Å². The van der Waals surface area contributed by atoms with E-state index >= 15 is 0 Å². The second-order valence-electron chi connectivity index (χ2n) is 7.81. The van der Waals surface area contributed by atoms with E-state index in [0.717, 1.165) is 32.5 Å². The number of benzene rings is 1. The molecule has 1 saturated heterocycles. The molecular weight excluding hydrogens is 385 g/mol. The predicted octanol–water partition coefficient (Wildman–Crippen LogP) is 3.26. The van der Waals surface area contributed by atoms with Gasteiger partial charge < -0.3 is 14.6 Å². The molecule has 158 valence electrons. The van der Waals surface area contributed by atoms with Crippen molar-refractivity contribution in [3.05, 3.63) is 63.7 Å². The largest absolute Gasteiger partial charge is 0.477 e. The van der Waals surface area contributed by atoms with Crippen LogP contribution < -0.4 is 10.3 Å². The fourth-order valence-electron chi connectivity index (χ4n) is 4.25. The monoisotopic (exact) mass is 411 g/mol. The molecule has 0 bridgehead atoms. The maximum absolute atomic E-state index is 15.0. The first kappa shape index (κ1) is 20.3. The zero-order chi connectivity index (χ0) is 21.3. The average Bonchev–Trinajstić information content (AvgIpc) is 2.75. The van der Waals surface area contributed by atoms with Crippen molar-refractivity contribution in [3.8, 4) is 0 Å². The number of hydrogen-bond acceptors (Lipinski definition) is 4. The fourth-order valence-corrected chi connectivity index (χ4v) is 4.25. The predicted molar refractivity (Wildman–Crippen MR) is 116 cm³/mol. The van der Waals surface area contributed by atoms with Gasteiger partial charge in [-0.2, -0.15) is 0 Å². The molecule has 0 spiro atoms. The van der Waals surface area contributed by atoms with E-state index in [9.17, 15) is 19.1 Å². The van der Waals surface area contributed by atoms with Gasteiger partial charge >= 0.3 is 5.97 Å². The number of aromatic carboxylic acids is 1. The zero-order valence-electron chi connectivity index (χ0n) is 17.1. The van der Waals surface area contributed by atoms with Crippen LogP contribution >= 0.6 is 0 Å². The minimum Gasteiger partial charge on any atom is -0.477 e. The lowest BCUT2D eigenvalue weighted by Crippen LogP contribution is -2.47. The first-order chi connectivity index (χ1) is 14.5. The molecule has 7 heteroatoms. The van der Waals surface area contributed by atoms with Gasteiger partial charge in [0.1, 0.15) is 11.4 Å². The van der Waals surface area contributed by atoms with Gasteiger partial charge in [0.25, 0.3) is 0 Å². The van der Waals surface area contributed by atoms with E-state index in [1.165, 1.54) is 17.8 Å². The normalized spacial score (nSPS) is 17.4. The Morgan fingerprint density at radius 2 is 1.93 bits per heavy atom. The smallest absolute Gasteiger partial charge is 0.341 e. The Morgan fingerprint density at radius 3 is 2.57 bits per heavy atom. The number of pyridine rings is 1. The van der Waals surface area contributed by atoms with Crippen molar-refractivity contribution in [3.63, 3.8) is 0 Å². The van der Waals surface area contributed by atoms with Gasteiger partial charge in [-0.1, -0.05) is 18.2 Å². The first-order valence-electron chi connectivity index (χ1n) is 10.4. The minimum atomic E-state index is -1.30. The van der Waals surface area contributed by atoms with Crippen molar-refractivity contribution in [1.29, 1.82) is 0 Å². The van der Waals surface area contributed by atoms with Crippen molar-refractivity contribution in [2.45, 2.75) is 26.3 Å². The number of carbonyl (C=O) groups is 1. The van der Waals surface area contributed by atoms with Crippen LogP contribution in [0, 0.1) is 5.82 Å². The Morgan fingerprint density at radius 1 is 1.17 bits per heavy atom. The van der Waals surface area contributed by atoms with Crippen molar-refractivity contribution >= 4 is 22.6 Å². The second-order valence-corrected chi connectivity index (χ2v) is 7.81. The van der Waals surface area contributed by atoms with Crippen LogP contribution in [0.3, 0.4) is 0 Å². The van der Waals surface area contributed by atoms with Gasteiger partial charge in [0, 0.05) is 50.9 Å². The number of hydrogen-bond donors (Lipinski definition) is 1. The number of carboxylic acid groups (broad SMARTS) is 1. The van der Waals surface area contributed by atoms with Crippen LogP contribution in [0.1, 0.15) is 30.1 Å². The standard InChI is InChI=1S/C23H26FN3O3/c1-2-26-15-18(23(29)30)22(28)17-12-19(24)21(13-20(17)26)27-10-8-25(9-11-27)14-16-6-4-3-5-7-16/h4,6-7,12-13,15H,2-3,5,8-11,14H2,1H3,(H,29,30). The Labute approximate surface area is 174 Å². The van der Waals surface area contributed by atoms with E-state index in [0.29, 0.717) is 30.8 Å². The Balaban J connectivity index is 1.59. The molecule has 2 aliphatic rings. The molecule has 0 atom stereocenters. The third kappa shape index (κ3) is 3.89. The van der Waals surface area contributed by atoms with Crippen molar-refractivity contribution < 1.29 is 14.3 Å². The summed E-state index contributed by atoms with van der Waals surface area (Å²) in [5.74, 6) is -1.79. The highest BCUT2D eigenvalue weighted by atomic mass is 19.1. The molecule has 6 nitrogen and oxygen atoms in total. The molecule has 2 aromatic rings. The Kier molecular flexibility index (Phi) is 5.72. The van der Waals surface area contributed by atoms with Gasteiger partial charge in [-0.25, -0.2) is 9.18 Å². The topological polar surface area (TPSA) is 65.8 Å². The van der Waals surface area contributed by atoms with Gasteiger partial charge in [0.15, 0.2) is 0 Å². The summed E-state index contributed by atoms with van der Waals surface area (Å²) in [7, 11) is 0. The van der Waals surface area contributed by atoms with Crippen LogP contribution in [-0.4, -0.2) is 53.3 Å². The maximum atomic E-state index is 15.0. The quantitative estimate of drug-likeness (QED) is 0.818. The molecule has 0 radical (unpaired) electrons. The molecule has 1 fully saturated rings. The number of carboxylic acids is 1. The molecule has 1 aromatic carbocycles. The van der Waals surface area contributed by atoms with E-state index in [1.807, 2.05) is 11.8 Å². The van der Waals surface area contributed by atoms with Gasteiger partial charge in [0.2, 0.25) is 5.43 Å². The lowest BCUT2D eigenvalue weighted by molar-refractivity contribution is 0.0695. The highest BCUT2D eigenvalue weighted by Gasteiger charge is 2.22. The molecule has 30 heavy (non-hydrogen) atoms. The fraction of sp³-hybridized carbons (Fsp3) is 0.391. The van der Waals surface area contributed by atoms with Crippen LogP contribution in [0.25, 0.3) is 10.9 Å². The van der Waals surface area contributed by atoms with Crippen molar-refractivity contribution in [1.82, 2.24) is 9.47 Å². The Bertz CT molecular complexity index is 1100. The number of anilines is 1. The summed E-state index contributed by atoms with van der Waals surface area (Å²) in [6.45, 7) is 6.33. The van der Waals surface area contributed by atoms with E-state index in [1.54, 1.807) is 10.6 Å². The highest BCUT2D eigenvalue weighted by molar-refractivity contribution is 5.93. The number of aromatic nitrogens is 1. The molecule has 0 saturated carbocycles. The minimum absolute atomic E-state index is 0.104. The molecule has 0 amide bonds. The van der Waals surface area contributed by atoms with Gasteiger partial charge in [-0.05, 0) is 37.5 Å². The highest BCUT2D eigenvalue weighted by Crippen LogP contribution is 2.26. The van der Waals surface area contributed by atoms with Crippen LogP contribution in [0.15, 0.2) is 46.9 Å². The number of fused-ring (bicyclic) bond motifs is 1. The van der Waals surface area contributed by atoms with E-state index in [2.05, 4.69) is 23.1 Å². The number of aryl methyl sites for hydroxylation is 1. The molecule has 4 rings (SSSR count). The second kappa shape index (κ2) is 8.44. The lowest BCUT2D eigenvalue weighted by Gasteiger charge is -2.36. The summed E-state index contributed by atoms with van der Waals surface area (Å²) < 4.78 is 16.6. The lowest BCUT2D eigenvalue weighted by atomic mass is 10.1. The Hall–Kier alpha value is -2.93. The van der Waals surface area contributed by atoms with Crippen LogP contribution in [-0.2, 0) is 6.54 Å². The third-order valence-corrected chi connectivity index (χ3v) is 5.91. The first-order valence-corrected chi connectivity index (χ1v) is 10.4. The summed E-state index contributed by atoms with van der Waals surface area (Å²) in [6.07, 6.45) is 10.2. The van der Waals surface area contributed by atoms with Crippen LogP contribution in [0.5, 0.6) is 0 Å². The molecular formula is C23H26FN3O3. The molecule has 0 unspecified atom stereocenters. The number of halogens is 1. The summed E-state index contributed by atoms with van der Waals surface area (Å²) in [4.78, 5) is 28.3. The van der Waals surface area contributed by atoms with Crippen LogP contribution in [0.4, 0.5) is 10.1 Å². The molecule has 2 heterocycles. The third-order valence-electron chi connectivity index (χ3n) is 5.91. The SMILES string of the molecule is CCn1cc(C(=O)O)c(=O)c2cc(F)c(N3CCN(CC4=CCCC=C4)CC3)cc21. The summed E-state index contributed by atoms with van der Waals surface area (Å²) in [5, 5.41) is 9.39. The van der Waals surface area contributed by atoms with E-state index in [4.69, 9.17) is 0 Å². The summed E-state index contributed by atoms with van der Waals surface area (Å²) in [5.41, 5.74) is 1.38. The number of allylic oxidation sites excluding steroid dienone is 2. The molecule has 1 aromatic heterocycles. The zero-order valence-corrected chi connectivity index (χ0v) is 17.1. The average molecular weight is 411 g/mol. The number of rotatable bonds is 5. The number of nitrogens with zero attached hydrogens (tertiary/aromatic N) is 3. The summed E-state index contributed by atoms with van der Waals surface area (Å²) in [6, 6.07) is 2.87. The van der Waals surface area contributed by atoms with E-state index in [-0.39, 0.29) is 10.9 Å². The van der Waals surface area contributed by atoms with Crippen molar-refractivity contribution in [2.24, 2.45) is 0 Å². The van der Waals surface area contributed by atoms with Gasteiger partial charge in [-0.15, -0.1) is 0 Å². The molecule has 1 aliphatic heterocycles. The van der Waals surface area contributed by atoms with Gasteiger partial charge in [0.05, 0.1) is 11.2 Å². The molecule has 1 N–H and O–H groups in total. The summed E-state index contributed by atoms with van der Waals surface area (Å²) >= 11 is 0. The maximum Gasteiger partial charge on any atom is 0.341 e. The number of piperazine rings is 1. The van der Waals surface area contributed by atoms with E-state index < -0.39 is 17.2 Å². The van der Waals surface area contributed by atoms with Gasteiger partial charge in [-0.3, -0.25) is 9.69 Å².